The highest BCUT2D eigenvalue weighted by atomic mass is 79.9. The lowest BCUT2D eigenvalue weighted by atomic mass is 10.2. The number of benzene rings is 1. The Labute approximate surface area is 109 Å². The molecule has 0 spiro atoms. The van der Waals surface area contributed by atoms with Gasteiger partial charge in [-0.3, -0.25) is 0 Å². The molecule has 2 aromatic rings. The second-order valence-corrected chi connectivity index (χ2v) is 4.43. The molecule has 1 aromatic heterocycles. The molecule has 2 rings (SSSR count). The summed E-state index contributed by atoms with van der Waals surface area (Å²) in [6.45, 7) is 4.59. The smallest absolute Gasteiger partial charge is 0.160 e. The largest absolute Gasteiger partial charge is 0.494 e. The molecule has 0 aliphatic rings. The first kappa shape index (κ1) is 12.0. The molecule has 0 aliphatic carbocycles. The fourth-order valence-electron chi connectivity index (χ4n) is 1.53. The van der Waals surface area contributed by atoms with Gasteiger partial charge in [0, 0.05) is 11.3 Å². The molecular weight excluding hydrogens is 280 g/mol. The monoisotopic (exact) mass is 292 g/mol. The van der Waals surface area contributed by atoms with E-state index in [-0.39, 0.29) is 0 Å². The van der Waals surface area contributed by atoms with Gasteiger partial charge in [-0.2, -0.15) is 0 Å². The van der Waals surface area contributed by atoms with Crippen molar-refractivity contribution in [3.63, 3.8) is 0 Å². The minimum absolute atomic E-state index is 0.672. The number of aromatic nitrogens is 2. The summed E-state index contributed by atoms with van der Waals surface area (Å²) in [5.74, 6) is 1.59. The van der Waals surface area contributed by atoms with Crippen LogP contribution in [0.25, 0.3) is 11.4 Å². The average molecular weight is 293 g/mol. The van der Waals surface area contributed by atoms with E-state index >= 15 is 0 Å². The topological polar surface area (TPSA) is 35.0 Å². The fraction of sp³-hybridized carbons (Fsp3) is 0.231. The zero-order valence-electron chi connectivity index (χ0n) is 9.77. The van der Waals surface area contributed by atoms with Gasteiger partial charge in [-0.25, -0.2) is 9.97 Å². The lowest BCUT2D eigenvalue weighted by molar-refractivity contribution is 0.340. The first-order chi connectivity index (χ1) is 8.19. The van der Waals surface area contributed by atoms with Crippen LogP contribution in [0.15, 0.2) is 34.9 Å². The SMILES string of the molecule is CCOc1ccc(-c2nc(C)cc(Br)n2)cc1. The van der Waals surface area contributed by atoms with Crippen LogP contribution in [0, 0.1) is 6.92 Å². The molecule has 1 aromatic carbocycles. The average Bonchev–Trinajstić information content (AvgIpc) is 2.29. The van der Waals surface area contributed by atoms with E-state index in [1.165, 1.54) is 0 Å². The maximum absolute atomic E-state index is 5.39. The molecule has 4 heteroatoms. The van der Waals surface area contributed by atoms with Gasteiger partial charge in [0.15, 0.2) is 5.82 Å². The number of rotatable bonds is 3. The number of hydrogen-bond acceptors (Lipinski definition) is 3. The Morgan fingerprint density at radius 3 is 2.47 bits per heavy atom. The van der Waals surface area contributed by atoms with Crippen LogP contribution in [0.5, 0.6) is 5.75 Å². The maximum Gasteiger partial charge on any atom is 0.160 e. The van der Waals surface area contributed by atoms with Gasteiger partial charge in [0.25, 0.3) is 0 Å². The zero-order chi connectivity index (χ0) is 12.3. The van der Waals surface area contributed by atoms with E-state index in [4.69, 9.17) is 4.74 Å². The van der Waals surface area contributed by atoms with Crippen molar-refractivity contribution in [1.29, 1.82) is 0 Å². The summed E-state index contributed by atoms with van der Waals surface area (Å²) in [6.07, 6.45) is 0. The number of halogens is 1. The summed E-state index contributed by atoms with van der Waals surface area (Å²) in [4.78, 5) is 8.74. The molecule has 0 fully saturated rings. The van der Waals surface area contributed by atoms with Crippen molar-refractivity contribution in [2.75, 3.05) is 6.61 Å². The summed E-state index contributed by atoms with van der Waals surface area (Å²) in [7, 11) is 0. The Kier molecular flexibility index (Phi) is 3.74. The quantitative estimate of drug-likeness (QED) is 0.811. The van der Waals surface area contributed by atoms with E-state index in [1.807, 2.05) is 44.2 Å². The molecule has 0 unspecified atom stereocenters. The normalized spacial score (nSPS) is 10.3. The van der Waals surface area contributed by atoms with Gasteiger partial charge < -0.3 is 4.74 Å². The molecule has 0 radical (unpaired) electrons. The molecule has 88 valence electrons. The molecule has 17 heavy (non-hydrogen) atoms. The summed E-state index contributed by atoms with van der Waals surface area (Å²) >= 11 is 3.37. The number of aryl methyl sites for hydroxylation is 1. The van der Waals surface area contributed by atoms with Gasteiger partial charge in [0.05, 0.1) is 6.61 Å². The van der Waals surface area contributed by atoms with Crippen molar-refractivity contribution in [3.05, 3.63) is 40.6 Å². The fourth-order valence-corrected chi connectivity index (χ4v) is 2.03. The van der Waals surface area contributed by atoms with Crippen LogP contribution in [-0.2, 0) is 0 Å². The molecule has 3 nitrogen and oxygen atoms in total. The minimum Gasteiger partial charge on any atom is -0.494 e. The Balaban J connectivity index is 2.32. The molecular formula is C13H13BrN2O. The maximum atomic E-state index is 5.39. The summed E-state index contributed by atoms with van der Waals surface area (Å²) in [5, 5.41) is 0. The summed E-state index contributed by atoms with van der Waals surface area (Å²) in [6, 6.07) is 9.67. The van der Waals surface area contributed by atoms with Crippen LogP contribution in [0.3, 0.4) is 0 Å². The van der Waals surface area contributed by atoms with Crippen LogP contribution < -0.4 is 4.74 Å². The highest BCUT2D eigenvalue weighted by Crippen LogP contribution is 2.21. The Morgan fingerprint density at radius 1 is 1.18 bits per heavy atom. The van der Waals surface area contributed by atoms with Crippen LogP contribution >= 0.6 is 15.9 Å². The van der Waals surface area contributed by atoms with E-state index in [0.717, 1.165) is 27.4 Å². The van der Waals surface area contributed by atoms with E-state index in [0.29, 0.717) is 6.61 Å². The third-order valence-corrected chi connectivity index (χ3v) is 2.65. The van der Waals surface area contributed by atoms with E-state index < -0.39 is 0 Å². The van der Waals surface area contributed by atoms with Gasteiger partial charge in [-0.1, -0.05) is 0 Å². The third kappa shape index (κ3) is 3.03. The zero-order valence-corrected chi connectivity index (χ0v) is 11.4. The molecule has 0 amide bonds. The second kappa shape index (κ2) is 5.27. The van der Waals surface area contributed by atoms with Gasteiger partial charge in [-0.05, 0) is 60.1 Å². The number of hydrogen-bond donors (Lipinski definition) is 0. The predicted molar refractivity (Wildman–Crippen MR) is 71.1 cm³/mol. The first-order valence-corrected chi connectivity index (χ1v) is 6.23. The van der Waals surface area contributed by atoms with Crippen molar-refractivity contribution in [1.82, 2.24) is 9.97 Å². The van der Waals surface area contributed by atoms with Gasteiger partial charge in [0.2, 0.25) is 0 Å². The Hall–Kier alpha value is -1.42. The summed E-state index contributed by atoms with van der Waals surface area (Å²) < 4.78 is 6.19. The van der Waals surface area contributed by atoms with Crippen LogP contribution in [0.2, 0.25) is 0 Å². The molecule has 0 N–H and O–H groups in total. The lowest BCUT2D eigenvalue weighted by Gasteiger charge is -2.05. The summed E-state index contributed by atoms with van der Waals surface area (Å²) in [5.41, 5.74) is 1.92. The van der Waals surface area contributed by atoms with E-state index in [9.17, 15) is 0 Å². The number of nitrogens with zero attached hydrogens (tertiary/aromatic N) is 2. The molecule has 0 saturated heterocycles. The van der Waals surface area contributed by atoms with Crippen molar-refractivity contribution < 1.29 is 4.74 Å². The molecule has 0 atom stereocenters. The van der Waals surface area contributed by atoms with Gasteiger partial charge in [0.1, 0.15) is 10.4 Å². The second-order valence-electron chi connectivity index (χ2n) is 3.61. The van der Waals surface area contributed by atoms with Crippen LogP contribution in [-0.4, -0.2) is 16.6 Å². The van der Waals surface area contributed by atoms with E-state index in [1.54, 1.807) is 0 Å². The molecule has 0 bridgehead atoms. The van der Waals surface area contributed by atoms with Crippen molar-refractivity contribution >= 4 is 15.9 Å². The predicted octanol–water partition coefficient (Wildman–Crippen LogP) is 3.61. The third-order valence-electron chi connectivity index (χ3n) is 2.25. The Morgan fingerprint density at radius 2 is 1.88 bits per heavy atom. The van der Waals surface area contributed by atoms with Crippen LogP contribution in [0.1, 0.15) is 12.6 Å². The van der Waals surface area contributed by atoms with Gasteiger partial charge >= 0.3 is 0 Å². The molecule has 0 saturated carbocycles. The van der Waals surface area contributed by atoms with Crippen LogP contribution in [0.4, 0.5) is 0 Å². The van der Waals surface area contributed by atoms with Gasteiger partial charge in [-0.15, -0.1) is 0 Å². The molecule has 1 heterocycles. The number of ether oxygens (including phenoxy) is 1. The molecule has 0 aliphatic heterocycles. The highest BCUT2D eigenvalue weighted by Gasteiger charge is 2.03. The first-order valence-electron chi connectivity index (χ1n) is 5.43. The van der Waals surface area contributed by atoms with Crippen molar-refractivity contribution in [2.24, 2.45) is 0 Å². The standard InChI is InChI=1S/C13H13BrN2O/c1-3-17-11-6-4-10(5-7-11)13-15-9(2)8-12(14)16-13/h4-8H,3H2,1-2H3. The van der Waals surface area contributed by atoms with E-state index in [2.05, 4.69) is 25.9 Å². The highest BCUT2D eigenvalue weighted by molar-refractivity contribution is 9.10. The van der Waals surface area contributed by atoms with Crippen molar-refractivity contribution in [3.8, 4) is 17.1 Å². The Bertz CT molecular complexity index is 491. The lowest BCUT2D eigenvalue weighted by Crippen LogP contribution is -1.94. The van der Waals surface area contributed by atoms with Crippen molar-refractivity contribution in [2.45, 2.75) is 13.8 Å². The minimum atomic E-state index is 0.672.